The number of nitrogens with zero attached hydrogens (tertiary/aromatic N) is 2. The third kappa shape index (κ3) is 6.36. The number of benzene rings is 1. The molecule has 4 atom stereocenters. The third-order valence-electron chi connectivity index (χ3n) is 8.00. The van der Waals surface area contributed by atoms with E-state index in [0.717, 1.165) is 42.9 Å². The van der Waals surface area contributed by atoms with Gasteiger partial charge in [0, 0.05) is 41.7 Å². The van der Waals surface area contributed by atoms with E-state index in [1.165, 1.54) is 25.0 Å². The number of aromatic hydroxyl groups is 1. The van der Waals surface area contributed by atoms with E-state index in [2.05, 4.69) is 29.0 Å². The molecule has 1 aromatic heterocycles. The number of aryl methyl sites for hydroxylation is 1. The number of carbonyl (C=O) groups is 1. The number of fused-ring (bicyclic) bond motifs is 1. The van der Waals surface area contributed by atoms with Crippen molar-refractivity contribution in [1.29, 1.82) is 0 Å². The van der Waals surface area contributed by atoms with Crippen molar-refractivity contribution in [1.82, 2.24) is 9.80 Å². The Bertz CT molecular complexity index is 1110. The predicted octanol–water partition coefficient (Wildman–Crippen LogP) is 5.24. The van der Waals surface area contributed by atoms with Gasteiger partial charge in [0.2, 0.25) is 11.7 Å². The van der Waals surface area contributed by atoms with Crippen LogP contribution in [0.2, 0.25) is 0 Å². The van der Waals surface area contributed by atoms with Crippen LogP contribution in [-0.2, 0) is 4.79 Å². The average molecular weight is 513 g/mol. The summed E-state index contributed by atoms with van der Waals surface area (Å²) in [4.78, 5) is 20.1. The minimum atomic E-state index is -0.684. The van der Waals surface area contributed by atoms with Crippen molar-refractivity contribution in [2.45, 2.75) is 63.6 Å². The van der Waals surface area contributed by atoms with Crippen LogP contribution in [0.15, 0.2) is 59.6 Å². The summed E-state index contributed by atoms with van der Waals surface area (Å²) < 4.78 is 16.5. The molecule has 2 fully saturated rings. The second-order valence-electron chi connectivity index (χ2n) is 10.6. The first-order chi connectivity index (χ1) is 17.7. The number of amides is 1. The van der Waals surface area contributed by atoms with E-state index < -0.39 is 5.60 Å². The van der Waals surface area contributed by atoms with Crippen LogP contribution >= 0.6 is 0 Å². The Labute approximate surface area is 217 Å². The highest BCUT2D eigenvalue weighted by atomic mass is 19.3. The van der Waals surface area contributed by atoms with E-state index in [-0.39, 0.29) is 35.4 Å². The Balaban J connectivity index is 0.000000270. The molecule has 7 nitrogen and oxygen atoms in total. The molecule has 5 rings (SSSR count). The Morgan fingerprint density at radius 2 is 2.11 bits per heavy atom. The molecule has 2 aromatic rings. The summed E-state index contributed by atoms with van der Waals surface area (Å²) in [5.41, 5.74) is 1.04. The minimum Gasteiger partial charge on any atom is -0.504 e. The molecule has 0 radical (unpaired) electrons. The molecule has 0 bridgehead atoms. The van der Waals surface area contributed by atoms with Crippen LogP contribution in [0.1, 0.15) is 50.2 Å². The third-order valence-corrected chi connectivity index (χ3v) is 8.00. The molecule has 1 aliphatic heterocycles. The maximum absolute atomic E-state index is 12.5. The van der Waals surface area contributed by atoms with Gasteiger partial charge in [-0.15, -0.1) is 0 Å². The van der Waals surface area contributed by atoms with Gasteiger partial charge in [-0.1, -0.05) is 12.1 Å². The molecule has 200 valence electrons. The van der Waals surface area contributed by atoms with Gasteiger partial charge in [0.25, 0.3) is 0 Å². The van der Waals surface area contributed by atoms with Crippen LogP contribution < -0.4 is 4.94 Å². The summed E-state index contributed by atoms with van der Waals surface area (Å²) >= 11 is 0. The van der Waals surface area contributed by atoms with Gasteiger partial charge in [0.1, 0.15) is 0 Å². The zero-order chi connectivity index (χ0) is 26.6. The van der Waals surface area contributed by atoms with Crippen molar-refractivity contribution in [2.75, 3.05) is 13.6 Å². The molecule has 2 saturated carbocycles. The van der Waals surface area contributed by atoms with Crippen molar-refractivity contribution in [2.24, 2.45) is 11.8 Å². The molecule has 37 heavy (non-hydrogen) atoms. The number of hydrogen-bond acceptors (Lipinski definition) is 6. The first kappa shape index (κ1) is 26.8. The maximum Gasteiger partial charge on any atom is 0.246 e. The number of halogens is 1. The first-order valence-electron chi connectivity index (χ1n) is 12.9. The van der Waals surface area contributed by atoms with E-state index in [4.69, 9.17) is 9.52 Å². The second-order valence-corrected chi connectivity index (χ2v) is 10.6. The van der Waals surface area contributed by atoms with Crippen LogP contribution in [0.5, 0.6) is 11.5 Å². The number of hydrogen-bond donors (Lipinski definition) is 2. The molecule has 0 spiro atoms. The smallest absolute Gasteiger partial charge is 0.246 e. The Morgan fingerprint density at radius 1 is 1.32 bits per heavy atom. The lowest BCUT2D eigenvalue weighted by atomic mass is 9.68. The van der Waals surface area contributed by atoms with Gasteiger partial charge in [-0.3, -0.25) is 9.74 Å². The highest BCUT2D eigenvalue weighted by molar-refractivity contribution is 5.91. The van der Waals surface area contributed by atoms with E-state index in [1.54, 1.807) is 37.7 Å². The lowest BCUT2D eigenvalue weighted by molar-refractivity contribution is -0.133. The molecular weight excluding hydrogens is 475 g/mol. The Kier molecular flexibility index (Phi) is 8.27. The highest BCUT2D eigenvalue weighted by Crippen LogP contribution is 2.44. The maximum atomic E-state index is 12.5. The van der Waals surface area contributed by atoms with Gasteiger partial charge in [-0.25, -0.2) is 0 Å². The monoisotopic (exact) mass is 512 g/mol. The number of rotatable bonds is 6. The first-order valence-corrected chi connectivity index (χ1v) is 12.9. The van der Waals surface area contributed by atoms with E-state index in [9.17, 15) is 14.4 Å². The van der Waals surface area contributed by atoms with Crippen molar-refractivity contribution in [3.8, 4) is 11.5 Å². The number of aliphatic hydroxyl groups is 1. The van der Waals surface area contributed by atoms with Gasteiger partial charge in [-0.05, 0) is 87.9 Å². The van der Waals surface area contributed by atoms with Crippen LogP contribution in [0.3, 0.4) is 0 Å². The molecule has 1 aromatic carbocycles. The van der Waals surface area contributed by atoms with Crippen molar-refractivity contribution in [3.05, 3.63) is 66.3 Å². The summed E-state index contributed by atoms with van der Waals surface area (Å²) in [6.07, 6.45) is 16.0. The number of carbonyl (C=O) groups excluding carboxylic acids is 1. The average Bonchev–Trinajstić information content (AvgIpc) is 3.56. The molecule has 1 amide bonds. The fraction of sp³-hybridized carbons (Fsp3) is 0.483. The zero-order valence-electron chi connectivity index (χ0n) is 21.7. The second kappa shape index (κ2) is 11.4. The molecule has 2 aliphatic carbocycles. The Hall–Kier alpha value is -3.26. The molecule has 3 unspecified atom stereocenters. The molecule has 3 aliphatic rings. The number of phenols is 1. The van der Waals surface area contributed by atoms with Gasteiger partial charge in [0.05, 0.1) is 24.2 Å². The molecular formula is C29H37FN2O5. The van der Waals surface area contributed by atoms with Gasteiger partial charge < -0.3 is 24.4 Å². The highest BCUT2D eigenvalue weighted by Gasteiger charge is 2.49. The van der Waals surface area contributed by atoms with Crippen LogP contribution in [0, 0.1) is 18.8 Å². The quantitative estimate of drug-likeness (QED) is 0.515. The van der Waals surface area contributed by atoms with Gasteiger partial charge in [0.15, 0.2) is 5.75 Å². The normalized spacial score (nSPS) is 26.8. The topological polar surface area (TPSA) is 86.4 Å². The number of phenolic OH excluding ortho intramolecular Hbond substituents is 1. The molecule has 2 N–H and O–H groups in total. The summed E-state index contributed by atoms with van der Waals surface area (Å²) in [7, 11) is 1.87. The van der Waals surface area contributed by atoms with Crippen LogP contribution in [-0.4, -0.2) is 57.2 Å². The van der Waals surface area contributed by atoms with Crippen LogP contribution in [0.25, 0.3) is 6.08 Å². The summed E-state index contributed by atoms with van der Waals surface area (Å²) in [6.45, 7) is 5.00. The zero-order valence-corrected chi connectivity index (χ0v) is 21.7. The fourth-order valence-corrected chi connectivity index (χ4v) is 5.28. The number of likely N-dealkylation sites (N-methyl/N-ethyl adjacent to an activating group) is 1. The van der Waals surface area contributed by atoms with E-state index in [0.29, 0.717) is 0 Å². The van der Waals surface area contributed by atoms with Crippen LogP contribution in [0.4, 0.5) is 4.53 Å². The molecule has 8 heteroatoms. The van der Waals surface area contributed by atoms with E-state index >= 15 is 0 Å². The lowest BCUT2D eigenvalue weighted by Crippen LogP contribution is -2.60. The fourth-order valence-electron chi connectivity index (χ4n) is 5.28. The SMILES string of the molecule is C[C@H]1N(CC2CC2)C=CC2CC(N(C)C(=O)/C=C/c3ccoc3)CCC21O.Cc1ccc(O)c(OF)c1. The predicted molar refractivity (Wildman–Crippen MR) is 139 cm³/mol. The van der Waals surface area contributed by atoms with Crippen molar-refractivity contribution < 1.29 is 28.9 Å². The Morgan fingerprint density at radius 3 is 2.76 bits per heavy atom. The number of furan rings is 1. The van der Waals surface area contributed by atoms with Crippen molar-refractivity contribution >= 4 is 12.0 Å². The lowest BCUT2D eigenvalue weighted by Gasteiger charge is -2.52. The summed E-state index contributed by atoms with van der Waals surface area (Å²) in [5.74, 6) is 0.581. The van der Waals surface area contributed by atoms with Gasteiger partial charge in [-0.2, -0.15) is 0 Å². The van der Waals surface area contributed by atoms with Gasteiger partial charge >= 0.3 is 0 Å². The largest absolute Gasteiger partial charge is 0.504 e. The van der Waals surface area contributed by atoms with E-state index in [1.807, 2.05) is 18.0 Å². The molecule has 0 saturated heterocycles. The summed E-state index contributed by atoms with van der Waals surface area (Å²) in [5, 5.41) is 20.3. The summed E-state index contributed by atoms with van der Waals surface area (Å²) in [6, 6.07) is 6.57. The van der Waals surface area contributed by atoms with Crippen molar-refractivity contribution in [3.63, 3.8) is 0 Å². The molecule has 2 heterocycles. The standard InChI is InChI=1S/C22H30N2O3.C7H7FO2/c1-16-22(26)10-7-20(13-19(22)8-11-24(16)14-17-3-4-17)23(2)21(25)6-5-18-9-12-27-15-18;1-5-2-3-6(9)7(4-5)10-8/h5-6,8-9,11-12,15-17,19-20,26H,3-4,7,10,13-14H2,1-2H3;2-4,9H,1H3/b6-5+;/t16-,19?,20?,22?;/m1./s1. The minimum absolute atomic E-state index is 0.00478.